The quantitative estimate of drug-likeness (QED) is 0.418. The lowest BCUT2D eigenvalue weighted by atomic mass is 9.92. The first-order valence-corrected chi connectivity index (χ1v) is 10.6. The summed E-state index contributed by atoms with van der Waals surface area (Å²) in [6, 6.07) is 13.2. The number of aromatic nitrogens is 1. The van der Waals surface area contributed by atoms with Crippen molar-refractivity contribution in [3.63, 3.8) is 0 Å². The third kappa shape index (κ3) is 4.55. The van der Waals surface area contributed by atoms with Crippen molar-refractivity contribution in [3.8, 4) is 5.75 Å². The molecule has 3 aromatic rings. The van der Waals surface area contributed by atoms with Gasteiger partial charge in [0.2, 0.25) is 0 Å². The minimum Gasteiger partial charge on any atom is -0.478 e. The molecular weight excluding hydrogens is 426 g/mol. The van der Waals surface area contributed by atoms with Crippen LogP contribution in [-0.4, -0.2) is 28.2 Å². The molecule has 3 N–H and O–H groups in total. The number of aromatic carboxylic acids is 1. The largest absolute Gasteiger partial charge is 0.478 e. The van der Waals surface area contributed by atoms with E-state index in [9.17, 15) is 9.90 Å². The van der Waals surface area contributed by atoms with Gasteiger partial charge in [0.25, 0.3) is 6.02 Å². The molecule has 0 bridgehead atoms. The van der Waals surface area contributed by atoms with Gasteiger partial charge in [-0.05, 0) is 60.4 Å². The molecule has 0 amide bonds. The van der Waals surface area contributed by atoms with E-state index >= 15 is 0 Å². The van der Waals surface area contributed by atoms with Crippen LogP contribution < -0.4 is 10.5 Å². The molecule has 1 aliphatic rings. The van der Waals surface area contributed by atoms with Gasteiger partial charge in [-0.1, -0.05) is 35.9 Å². The SMILES string of the molecule is Cc1ccc(OC(N)=NCC2C=C(Cl)C(c3ccc4c(ccn4C)c3)=CC2)cc1C(=O)O. The van der Waals surface area contributed by atoms with Crippen molar-refractivity contribution in [1.29, 1.82) is 0 Å². The molecule has 4 rings (SSSR count). The molecule has 0 aliphatic heterocycles. The summed E-state index contributed by atoms with van der Waals surface area (Å²) in [5.41, 5.74) is 10.0. The molecule has 1 unspecified atom stereocenters. The van der Waals surface area contributed by atoms with E-state index in [1.807, 2.05) is 19.3 Å². The maximum absolute atomic E-state index is 11.3. The van der Waals surface area contributed by atoms with Crippen LogP contribution in [0.4, 0.5) is 0 Å². The third-order valence-electron chi connectivity index (χ3n) is 5.60. The number of hydrogen-bond donors (Lipinski definition) is 2. The molecule has 0 spiro atoms. The molecular formula is C25H24ClN3O3. The Morgan fingerprint density at radius 3 is 2.84 bits per heavy atom. The highest BCUT2D eigenvalue weighted by molar-refractivity contribution is 6.37. The second kappa shape index (κ2) is 8.93. The third-order valence-corrected chi connectivity index (χ3v) is 5.93. The molecule has 0 saturated heterocycles. The van der Waals surface area contributed by atoms with Crippen LogP contribution >= 0.6 is 11.6 Å². The van der Waals surface area contributed by atoms with Crippen LogP contribution in [0.1, 0.15) is 27.9 Å². The first-order valence-electron chi connectivity index (χ1n) is 10.3. The molecule has 1 atom stereocenters. The zero-order valence-electron chi connectivity index (χ0n) is 17.9. The zero-order chi connectivity index (χ0) is 22.8. The molecule has 1 aromatic heterocycles. The van der Waals surface area contributed by atoms with Crippen molar-refractivity contribution >= 4 is 40.1 Å². The van der Waals surface area contributed by atoms with E-state index in [0.29, 0.717) is 22.9 Å². The maximum Gasteiger partial charge on any atom is 0.336 e. The van der Waals surface area contributed by atoms with Crippen molar-refractivity contribution < 1.29 is 14.6 Å². The minimum absolute atomic E-state index is 0.0148. The van der Waals surface area contributed by atoms with Gasteiger partial charge in [0, 0.05) is 35.1 Å². The molecule has 2 aromatic carbocycles. The number of allylic oxidation sites excluding steroid dienone is 3. The first kappa shape index (κ1) is 21.7. The van der Waals surface area contributed by atoms with E-state index in [-0.39, 0.29) is 17.5 Å². The van der Waals surface area contributed by atoms with Gasteiger partial charge in [-0.25, -0.2) is 9.79 Å². The summed E-state index contributed by atoms with van der Waals surface area (Å²) in [7, 11) is 2.03. The second-order valence-electron chi connectivity index (χ2n) is 7.89. The summed E-state index contributed by atoms with van der Waals surface area (Å²) in [5, 5.41) is 11.1. The number of benzene rings is 2. The lowest BCUT2D eigenvalue weighted by Gasteiger charge is -2.18. The number of rotatable bonds is 5. The highest BCUT2D eigenvalue weighted by atomic mass is 35.5. The molecule has 32 heavy (non-hydrogen) atoms. The Morgan fingerprint density at radius 1 is 1.28 bits per heavy atom. The van der Waals surface area contributed by atoms with E-state index < -0.39 is 5.97 Å². The number of aliphatic imine (C=N–C) groups is 1. The number of fused-ring (bicyclic) bond motifs is 1. The van der Waals surface area contributed by atoms with Crippen LogP contribution in [0.25, 0.3) is 16.5 Å². The fourth-order valence-electron chi connectivity index (χ4n) is 3.82. The molecule has 0 saturated carbocycles. The Kier molecular flexibility index (Phi) is 6.06. The zero-order valence-corrected chi connectivity index (χ0v) is 18.6. The summed E-state index contributed by atoms with van der Waals surface area (Å²) < 4.78 is 7.59. The summed E-state index contributed by atoms with van der Waals surface area (Å²) in [4.78, 5) is 15.6. The predicted octanol–water partition coefficient (Wildman–Crippen LogP) is 5.10. The van der Waals surface area contributed by atoms with E-state index in [1.165, 1.54) is 17.0 Å². The summed E-state index contributed by atoms with van der Waals surface area (Å²) >= 11 is 6.60. The fraction of sp³-hybridized carbons (Fsp3) is 0.200. The van der Waals surface area contributed by atoms with Crippen LogP contribution in [0, 0.1) is 12.8 Å². The van der Waals surface area contributed by atoms with Gasteiger partial charge in [-0.3, -0.25) is 0 Å². The number of ether oxygens (including phenoxy) is 1. The summed E-state index contributed by atoms with van der Waals surface area (Å²) in [5.74, 6) is -0.578. The van der Waals surface area contributed by atoms with Gasteiger partial charge in [-0.15, -0.1) is 0 Å². The van der Waals surface area contributed by atoms with Crippen LogP contribution in [-0.2, 0) is 7.05 Å². The number of carbonyl (C=O) groups is 1. The van der Waals surface area contributed by atoms with Gasteiger partial charge < -0.3 is 20.1 Å². The Hall–Kier alpha value is -3.51. The molecule has 164 valence electrons. The Bertz CT molecular complexity index is 1290. The number of nitrogens with two attached hydrogens (primary N) is 1. The fourth-order valence-corrected chi connectivity index (χ4v) is 4.18. The standard InChI is InChI=1S/C25H24ClN3O3/c1-15-3-6-19(13-21(15)24(30)31)32-25(27)28-14-16-4-7-20(22(26)11-16)17-5-8-23-18(12-17)9-10-29(23)2/h3,5-13,16H,4,14H2,1-2H3,(H2,27,28)(H,30,31). The number of nitrogens with zero attached hydrogens (tertiary/aromatic N) is 2. The highest BCUT2D eigenvalue weighted by Gasteiger charge is 2.17. The Balaban J connectivity index is 1.42. The monoisotopic (exact) mass is 449 g/mol. The summed E-state index contributed by atoms with van der Waals surface area (Å²) in [6.45, 7) is 2.14. The predicted molar refractivity (Wildman–Crippen MR) is 128 cm³/mol. The van der Waals surface area contributed by atoms with Gasteiger partial charge in [0.05, 0.1) is 12.1 Å². The highest BCUT2D eigenvalue weighted by Crippen LogP contribution is 2.34. The second-order valence-corrected chi connectivity index (χ2v) is 8.30. The van der Waals surface area contributed by atoms with E-state index in [2.05, 4.69) is 39.9 Å². The lowest BCUT2D eigenvalue weighted by molar-refractivity contribution is 0.0695. The number of carboxylic acids is 1. The van der Waals surface area contributed by atoms with Gasteiger partial charge in [-0.2, -0.15) is 0 Å². The average Bonchev–Trinajstić information content (AvgIpc) is 3.13. The molecule has 6 nitrogen and oxygen atoms in total. The normalized spacial score (nSPS) is 16.6. The Morgan fingerprint density at radius 2 is 2.09 bits per heavy atom. The first-order chi connectivity index (χ1) is 15.3. The van der Waals surface area contributed by atoms with E-state index in [0.717, 1.165) is 17.6 Å². The van der Waals surface area contributed by atoms with Gasteiger partial charge in [0.15, 0.2) is 0 Å². The number of hydrogen-bond acceptors (Lipinski definition) is 3. The van der Waals surface area contributed by atoms with Gasteiger partial charge >= 0.3 is 5.97 Å². The smallest absolute Gasteiger partial charge is 0.336 e. The molecule has 0 fully saturated rings. The lowest BCUT2D eigenvalue weighted by Crippen LogP contribution is -2.21. The van der Waals surface area contributed by atoms with E-state index in [4.69, 9.17) is 22.1 Å². The Labute approximate surface area is 191 Å². The van der Waals surface area contributed by atoms with Crippen molar-refractivity contribution in [2.24, 2.45) is 23.7 Å². The van der Waals surface area contributed by atoms with Crippen LogP contribution in [0.5, 0.6) is 5.75 Å². The number of amidine groups is 1. The topological polar surface area (TPSA) is 89.8 Å². The van der Waals surface area contributed by atoms with Crippen molar-refractivity contribution in [2.45, 2.75) is 13.3 Å². The summed E-state index contributed by atoms with van der Waals surface area (Å²) in [6.07, 6.45) is 6.95. The van der Waals surface area contributed by atoms with Crippen molar-refractivity contribution in [2.75, 3.05) is 6.54 Å². The van der Waals surface area contributed by atoms with Gasteiger partial charge in [0.1, 0.15) is 5.75 Å². The number of carboxylic acid groups (broad SMARTS) is 1. The minimum atomic E-state index is -1.01. The van der Waals surface area contributed by atoms with Crippen molar-refractivity contribution in [3.05, 3.63) is 82.5 Å². The number of aryl methyl sites for hydroxylation is 2. The number of halogens is 1. The van der Waals surface area contributed by atoms with Crippen LogP contribution in [0.15, 0.2) is 70.8 Å². The molecule has 1 heterocycles. The maximum atomic E-state index is 11.3. The average molecular weight is 450 g/mol. The van der Waals surface area contributed by atoms with E-state index in [1.54, 1.807) is 19.1 Å². The van der Waals surface area contributed by atoms with Crippen molar-refractivity contribution in [1.82, 2.24) is 4.57 Å². The molecule has 7 heteroatoms. The van der Waals surface area contributed by atoms with Crippen LogP contribution in [0.2, 0.25) is 0 Å². The molecule has 0 radical (unpaired) electrons. The van der Waals surface area contributed by atoms with Crippen LogP contribution in [0.3, 0.4) is 0 Å². The molecule has 1 aliphatic carbocycles.